The van der Waals surface area contributed by atoms with Gasteiger partial charge in [0.05, 0.1) is 11.6 Å². The molecule has 3 N–H and O–H groups in total. The highest BCUT2D eigenvalue weighted by molar-refractivity contribution is 7.10. The first-order valence-electron chi connectivity index (χ1n) is 6.82. The minimum absolute atomic E-state index is 0.0624. The lowest BCUT2D eigenvalue weighted by Crippen LogP contribution is -2.28. The van der Waals surface area contributed by atoms with Crippen LogP contribution >= 0.6 is 11.3 Å². The van der Waals surface area contributed by atoms with Crippen molar-refractivity contribution < 1.29 is 4.79 Å². The van der Waals surface area contributed by atoms with Crippen LogP contribution in [0.25, 0.3) is 0 Å². The molecule has 0 aliphatic heterocycles. The quantitative estimate of drug-likeness (QED) is 0.820. The molecule has 0 fully saturated rings. The smallest absolute Gasteiger partial charge is 0.253 e. The van der Waals surface area contributed by atoms with E-state index in [2.05, 4.69) is 18.3 Å². The Bertz CT molecular complexity index is 578. The number of amides is 1. The highest BCUT2D eigenvalue weighted by Crippen LogP contribution is 2.24. The zero-order chi connectivity index (χ0) is 14.5. The molecule has 1 atom stereocenters. The molecule has 0 radical (unpaired) electrons. The maximum atomic E-state index is 12.4. The summed E-state index contributed by atoms with van der Waals surface area (Å²) in [5.74, 6) is -0.0990. The fraction of sp³-hybridized carbons (Fsp3) is 0.312. The van der Waals surface area contributed by atoms with Gasteiger partial charge in [-0.1, -0.05) is 31.0 Å². The summed E-state index contributed by atoms with van der Waals surface area (Å²) in [6, 6.07) is 9.66. The molecule has 2 aromatic rings. The lowest BCUT2D eigenvalue weighted by molar-refractivity contribution is 0.0936. The summed E-state index contributed by atoms with van der Waals surface area (Å²) in [6.45, 7) is 4.08. The monoisotopic (exact) mass is 288 g/mol. The lowest BCUT2D eigenvalue weighted by Gasteiger charge is -2.17. The number of nitrogen functional groups attached to an aromatic ring is 1. The van der Waals surface area contributed by atoms with E-state index in [0.29, 0.717) is 11.3 Å². The Kier molecular flexibility index (Phi) is 4.79. The first kappa shape index (κ1) is 14.6. The second-order valence-electron chi connectivity index (χ2n) is 4.92. The van der Waals surface area contributed by atoms with Gasteiger partial charge in [0.15, 0.2) is 0 Å². The molecule has 0 saturated carbocycles. The largest absolute Gasteiger partial charge is 0.398 e. The maximum Gasteiger partial charge on any atom is 0.253 e. The van der Waals surface area contributed by atoms with E-state index in [4.69, 9.17) is 5.73 Å². The molecule has 1 aromatic heterocycles. The molecule has 1 unspecified atom stereocenters. The van der Waals surface area contributed by atoms with Crippen molar-refractivity contribution in [3.8, 4) is 0 Å². The highest BCUT2D eigenvalue weighted by atomic mass is 32.1. The fourth-order valence-electron chi connectivity index (χ4n) is 2.17. The van der Waals surface area contributed by atoms with Crippen LogP contribution in [0.4, 0.5) is 5.69 Å². The van der Waals surface area contributed by atoms with Crippen LogP contribution in [0.1, 0.15) is 46.6 Å². The third kappa shape index (κ3) is 3.39. The minimum Gasteiger partial charge on any atom is -0.398 e. The van der Waals surface area contributed by atoms with Crippen molar-refractivity contribution in [3.63, 3.8) is 0 Å². The fourth-order valence-corrected chi connectivity index (χ4v) is 2.98. The molecular weight excluding hydrogens is 268 g/mol. The Morgan fingerprint density at radius 3 is 2.85 bits per heavy atom. The van der Waals surface area contributed by atoms with E-state index >= 15 is 0 Å². The Hall–Kier alpha value is -1.81. The second-order valence-corrected chi connectivity index (χ2v) is 5.90. The van der Waals surface area contributed by atoms with E-state index < -0.39 is 0 Å². The van der Waals surface area contributed by atoms with Crippen LogP contribution in [-0.2, 0) is 0 Å². The predicted molar refractivity (Wildman–Crippen MR) is 85.0 cm³/mol. The number of aryl methyl sites for hydroxylation is 1. The van der Waals surface area contributed by atoms with Crippen LogP contribution < -0.4 is 11.1 Å². The molecular formula is C16H20N2OS. The molecule has 0 saturated heterocycles. The molecule has 0 aliphatic carbocycles. The molecule has 4 heteroatoms. The summed E-state index contributed by atoms with van der Waals surface area (Å²) in [4.78, 5) is 13.6. The Balaban J connectivity index is 2.18. The van der Waals surface area contributed by atoms with Crippen molar-refractivity contribution in [2.75, 3.05) is 5.73 Å². The van der Waals surface area contributed by atoms with Crippen molar-refractivity contribution in [1.82, 2.24) is 5.32 Å². The molecule has 2 rings (SSSR count). The Morgan fingerprint density at radius 1 is 1.40 bits per heavy atom. The van der Waals surface area contributed by atoms with E-state index in [0.717, 1.165) is 18.4 Å². The normalized spacial score (nSPS) is 12.1. The molecule has 1 amide bonds. The Morgan fingerprint density at radius 2 is 2.20 bits per heavy atom. The van der Waals surface area contributed by atoms with Gasteiger partial charge in [-0.3, -0.25) is 4.79 Å². The number of carbonyl (C=O) groups excluding carboxylic acids is 1. The number of anilines is 1. The minimum atomic E-state index is -0.0990. The number of hydrogen-bond donors (Lipinski definition) is 2. The van der Waals surface area contributed by atoms with Gasteiger partial charge >= 0.3 is 0 Å². The van der Waals surface area contributed by atoms with E-state index in [-0.39, 0.29) is 11.9 Å². The number of hydrogen-bond acceptors (Lipinski definition) is 3. The van der Waals surface area contributed by atoms with Gasteiger partial charge in [-0.25, -0.2) is 0 Å². The number of nitrogens with two attached hydrogens (primary N) is 1. The molecule has 106 valence electrons. The average Bonchev–Trinajstić information content (AvgIpc) is 2.95. The lowest BCUT2D eigenvalue weighted by atomic mass is 10.1. The van der Waals surface area contributed by atoms with E-state index in [1.807, 2.05) is 30.5 Å². The summed E-state index contributed by atoms with van der Waals surface area (Å²) in [7, 11) is 0. The number of rotatable bonds is 5. The zero-order valence-electron chi connectivity index (χ0n) is 11.8. The third-order valence-electron chi connectivity index (χ3n) is 3.22. The van der Waals surface area contributed by atoms with Gasteiger partial charge < -0.3 is 11.1 Å². The third-order valence-corrected chi connectivity index (χ3v) is 4.21. The molecule has 3 nitrogen and oxygen atoms in total. The Labute approximate surface area is 123 Å². The van der Waals surface area contributed by atoms with Crippen LogP contribution in [0.3, 0.4) is 0 Å². The van der Waals surface area contributed by atoms with Crippen molar-refractivity contribution in [3.05, 3.63) is 51.7 Å². The number of carbonyl (C=O) groups is 1. The molecule has 1 heterocycles. The van der Waals surface area contributed by atoms with E-state index in [1.165, 1.54) is 4.88 Å². The summed E-state index contributed by atoms with van der Waals surface area (Å²) in [5.41, 5.74) is 8.02. The second kappa shape index (κ2) is 6.57. The maximum absolute atomic E-state index is 12.4. The van der Waals surface area contributed by atoms with Gasteiger partial charge in [-0.15, -0.1) is 11.3 Å². The van der Waals surface area contributed by atoms with E-state index in [9.17, 15) is 4.79 Å². The molecule has 1 aromatic carbocycles. The van der Waals surface area contributed by atoms with Crippen LogP contribution in [0.15, 0.2) is 35.7 Å². The van der Waals surface area contributed by atoms with Crippen LogP contribution in [-0.4, -0.2) is 5.91 Å². The van der Waals surface area contributed by atoms with Gasteiger partial charge in [-0.2, -0.15) is 0 Å². The number of nitrogens with one attached hydrogen (secondary N) is 1. The number of thiophene rings is 1. The summed E-state index contributed by atoms with van der Waals surface area (Å²) in [5, 5.41) is 5.13. The first-order chi connectivity index (χ1) is 9.61. The van der Waals surface area contributed by atoms with Gasteiger partial charge in [0.2, 0.25) is 0 Å². The molecule has 0 bridgehead atoms. The summed E-state index contributed by atoms with van der Waals surface area (Å²) in [6.07, 6.45) is 1.95. The standard InChI is InChI=1S/C16H20N2OS/c1-3-5-14(15-6-4-9-20-15)18-16(19)12-10-11(2)7-8-13(12)17/h4,6-10,14H,3,5,17H2,1-2H3,(H,18,19). The van der Waals surface area contributed by atoms with Gasteiger partial charge in [0, 0.05) is 10.6 Å². The molecule has 0 spiro atoms. The zero-order valence-corrected chi connectivity index (χ0v) is 12.7. The number of benzene rings is 1. The molecule has 0 aliphatic rings. The van der Waals surface area contributed by atoms with Gasteiger partial charge in [0.1, 0.15) is 0 Å². The summed E-state index contributed by atoms with van der Waals surface area (Å²) >= 11 is 1.67. The molecule has 20 heavy (non-hydrogen) atoms. The van der Waals surface area contributed by atoms with E-state index in [1.54, 1.807) is 17.4 Å². The van der Waals surface area contributed by atoms with Crippen molar-refractivity contribution in [1.29, 1.82) is 0 Å². The highest BCUT2D eigenvalue weighted by Gasteiger charge is 2.17. The first-order valence-corrected chi connectivity index (χ1v) is 7.70. The summed E-state index contributed by atoms with van der Waals surface area (Å²) < 4.78 is 0. The predicted octanol–water partition coefficient (Wildman–Crippen LogP) is 3.91. The van der Waals surface area contributed by atoms with Crippen LogP contribution in [0, 0.1) is 6.92 Å². The van der Waals surface area contributed by atoms with Crippen molar-refractivity contribution in [2.24, 2.45) is 0 Å². The van der Waals surface area contributed by atoms with Crippen molar-refractivity contribution >= 4 is 22.9 Å². The SMILES string of the molecule is CCCC(NC(=O)c1cc(C)ccc1N)c1cccs1. The van der Waals surface area contributed by atoms with Gasteiger partial charge in [-0.05, 0) is 36.9 Å². The average molecular weight is 288 g/mol. The van der Waals surface area contributed by atoms with Crippen LogP contribution in [0.2, 0.25) is 0 Å². The van der Waals surface area contributed by atoms with Gasteiger partial charge in [0.25, 0.3) is 5.91 Å². The van der Waals surface area contributed by atoms with Crippen LogP contribution in [0.5, 0.6) is 0 Å². The van der Waals surface area contributed by atoms with Crippen molar-refractivity contribution in [2.45, 2.75) is 32.7 Å². The topological polar surface area (TPSA) is 55.1 Å².